The Hall–Kier alpha value is -1.76. The van der Waals surface area contributed by atoms with Gasteiger partial charge in [-0.25, -0.2) is 0 Å². The van der Waals surface area contributed by atoms with E-state index in [0.29, 0.717) is 0 Å². The predicted octanol–water partition coefficient (Wildman–Crippen LogP) is 6.87. The molecule has 0 bridgehead atoms. The average molecular weight is 428 g/mol. The molecule has 0 atom stereocenters. The fourth-order valence-corrected chi connectivity index (χ4v) is 3.56. The molecule has 0 aromatic heterocycles. The Balaban J connectivity index is 0.000000127. The van der Waals surface area contributed by atoms with Gasteiger partial charge in [-0.3, -0.25) is 0 Å². The van der Waals surface area contributed by atoms with Crippen LogP contribution >= 0.6 is 0 Å². The zero-order valence-electron chi connectivity index (χ0n) is 15.1. The molecule has 0 nitrogen and oxygen atoms in total. The molecular formula is C24H20SiZr. The fourth-order valence-electron chi connectivity index (χ4n) is 3.56. The van der Waals surface area contributed by atoms with Gasteiger partial charge in [0.25, 0.3) is 0 Å². The number of benzene rings is 2. The second-order valence-electron chi connectivity index (χ2n) is 6.37. The summed E-state index contributed by atoms with van der Waals surface area (Å²) >= 11 is 0. The van der Waals surface area contributed by atoms with Crippen molar-refractivity contribution in [1.29, 1.82) is 0 Å². The van der Waals surface area contributed by atoms with Crippen LogP contribution in [0.4, 0.5) is 0 Å². The summed E-state index contributed by atoms with van der Waals surface area (Å²) in [4.78, 5) is 0. The van der Waals surface area contributed by atoms with Crippen LogP contribution in [-0.4, -0.2) is 9.52 Å². The SMILES string of the molecule is C1=Cc2c[cH-]c3cccc1c23.C1=Cc2c[cH-]c3cccc1c23.C[Si]C.[Zr+2]. The van der Waals surface area contributed by atoms with Crippen LogP contribution in [0.25, 0.3) is 45.8 Å². The zero-order valence-corrected chi connectivity index (χ0v) is 18.5. The molecule has 0 N–H and O–H groups in total. The Morgan fingerprint density at radius 2 is 1.00 bits per heavy atom. The van der Waals surface area contributed by atoms with E-state index in [1.54, 1.807) is 0 Å². The van der Waals surface area contributed by atoms with E-state index >= 15 is 0 Å². The molecule has 0 spiro atoms. The Labute approximate surface area is 176 Å². The van der Waals surface area contributed by atoms with Crippen molar-refractivity contribution in [3.05, 3.63) is 82.9 Å². The molecule has 0 unspecified atom stereocenters. The van der Waals surface area contributed by atoms with Gasteiger partial charge in [0.15, 0.2) is 0 Å². The largest absolute Gasteiger partial charge is 2.00 e. The van der Waals surface area contributed by atoms with E-state index in [2.05, 4.69) is 98.1 Å². The Kier molecular flexibility index (Phi) is 6.06. The van der Waals surface area contributed by atoms with Gasteiger partial charge >= 0.3 is 26.2 Å². The second kappa shape index (κ2) is 8.29. The van der Waals surface area contributed by atoms with Gasteiger partial charge in [0.1, 0.15) is 0 Å². The third kappa shape index (κ3) is 3.41. The van der Waals surface area contributed by atoms with Gasteiger partial charge in [-0.1, -0.05) is 48.5 Å². The van der Waals surface area contributed by atoms with E-state index in [1.165, 1.54) is 43.8 Å². The van der Waals surface area contributed by atoms with Crippen LogP contribution in [0.3, 0.4) is 0 Å². The van der Waals surface area contributed by atoms with E-state index < -0.39 is 0 Å². The Morgan fingerprint density at radius 3 is 1.42 bits per heavy atom. The summed E-state index contributed by atoms with van der Waals surface area (Å²) in [7, 11) is 1.08. The number of hydrogen-bond acceptors (Lipinski definition) is 0. The molecule has 0 fully saturated rings. The van der Waals surface area contributed by atoms with Crippen molar-refractivity contribution < 1.29 is 26.2 Å². The minimum Gasteiger partial charge on any atom is -0.149 e. The van der Waals surface area contributed by atoms with Crippen molar-refractivity contribution in [3.8, 4) is 0 Å². The molecule has 2 radical (unpaired) electrons. The summed E-state index contributed by atoms with van der Waals surface area (Å²) < 4.78 is 0. The molecule has 2 aliphatic rings. The predicted molar refractivity (Wildman–Crippen MR) is 114 cm³/mol. The van der Waals surface area contributed by atoms with Crippen molar-refractivity contribution in [3.63, 3.8) is 0 Å². The third-order valence-corrected chi connectivity index (χ3v) is 4.60. The summed E-state index contributed by atoms with van der Waals surface area (Å²) in [6.45, 7) is 4.31. The zero-order chi connectivity index (χ0) is 17.2. The van der Waals surface area contributed by atoms with Crippen LogP contribution in [0.2, 0.25) is 13.1 Å². The van der Waals surface area contributed by atoms with Crippen LogP contribution in [0.1, 0.15) is 22.3 Å². The minimum atomic E-state index is 0. The van der Waals surface area contributed by atoms with Gasteiger partial charge in [-0.05, 0) is 0 Å². The molecule has 26 heavy (non-hydrogen) atoms. The molecule has 124 valence electrons. The summed E-state index contributed by atoms with van der Waals surface area (Å²) in [5, 5.41) is 5.57. The van der Waals surface area contributed by atoms with E-state index in [0.717, 1.165) is 9.52 Å². The van der Waals surface area contributed by atoms with Crippen LogP contribution < -0.4 is 0 Å². The molecule has 4 aromatic rings. The number of rotatable bonds is 0. The molecule has 0 heterocycles. The van der Waals surface area contributed by atoms with Crippen LogP contribution in [-0.2, 0) is 26.2 Å². The molecule has 4 aromatic carbocycles. The normalized spacial score (nSPS) is 11.8. The van der Waals surface area contributed by atoms with Crippen molar-refractivity contribution >= 4 is 55.4 Å². The molecular weight excluding hydrogens is 408 g/mol. The van der Waals surface area contributed by atoms with Gasteiger partial charge in [0, 0.05) is 9.52 Å². The third-order valence-electron chi connectivity index (χ3n) is 4.60. The van der Waals surface area contributed by atoms with E-state index in [1.807, 2.05) is 0 Å². The molecule has 0 saturated heterocycles. The van der Waals surface area contributed by atoms with Crippen molar-refractivity contribution in [2.75, 3.05) is 0 Å². The summed E-state index contributed by atoms with van der Waals surface area (Å²) in [5.41, 5.74) is 5.47. The summed E-state index contributed by atoms with van der Waals surface area (Å²) in [6.07, 6.45) is 8.71. The van der Waals surface area contributed by atoms with Crippen LogP contribution in [0.5, 0.6) is 0 Å². The summed E-state index contributed by atoms with van der Waals surface area (Å²) in [5.74, 6) is 0. The smallest absolute Gasteiger partial charge is 0.149 e. The first-order valence-electron chi connectivity index (χ1n) is 8.63. The molecule has 0 amide bonds. The molecule has 2 heteroatoms. The van der Waals surface area contributed by atoms with Crippen molar-refractivity contribution in [2.24, 2.45) is 0 Å². The Morgan fingerprint density at radius 1 is 0.615 bits per heavy atom. The Bertz CT molecular complexity index is 1000. The van der Waals surface area contributed by atoms with Gasteiger partial charge in [0.2, 0.25) is 0 Å². The summed E-state index contributed by atoms with van der Waals surface area (Å²) in [6, 6.07) is 21.6. The van der Waals surface area contributed by atoms with E-state index in [4.69, 9.17) is 0 Å². The van der Waals surface area contributed by atoms with E-state index in [-0.39, 0.29) is 26.2 Å². The van der Waals surface area contributed by atoms with Gasteiger partial charge in [0.05, 0.1) is 0 Å². The number of hydrogen-bond donors (Lipinski definition) is 0. The maximum absolute atomic E-state index is 2.18. The average Bonchev–Trinajstić information content (AvgIpc) is 3.40. The van der Waals surface area contributed by atoms with Gasteiger partial charge in [-0.15, -0.1) is 93.4 Å². The topological polar surface area (TPSA) is 0 Å². The first-order chi connectivity index (χ1) is 12.3. The van der Waals surface area contributed by atoms with Gasteiger partial charge in [-0.2, -0.15) is 0 Å². The molecule has 0 saturated carbocycles. The monoisotopic (exact) mass is 426 g/mol. The van der Waals surface area contributed by atoms with Crippen molar-refractivity contribution in [2.45, 2.75) is 13.1 Å². The first kappa shape index (κ1) is 19.0. The maximum Gasteiger partial charge on any atom is 2.00 e. The minimum absolute atomic E-state index is 0. The molecule has 6 rings (SSSR count). The maximum atomic E-state index is 2.18. The van der Waals surface area contributed by atoms with Crippen molar-refractivity contribution in [1.82, 2.24) is 0 Å². The standard InChI is InChI=1S/2C11H7.C2H6Si.Zr/c2*1-2-8-4-6-10-7-5-9(3-1)11(8)10;1-3-2;/h2*1-7H;1-2H3;/q2*-1;;+2. The second-order valence-corrected chi connectivity index (χ2v) is 7.37. The molecule has 2 aliphatic carbocycles. The fraction of sp³-hybridized carbons (Fsp3) is 0.0833. The van der Waals surface area contributed by atoms with E-state index in [9.17, 15) is 0 Å². The van der Waals surface area contributed by atoms with Crippen LogP contribution in [0.15, 0.2) is 60.7 Å². The quantitative estimate of drug-likeness (QED) is 0.183. The van der Waals surface area contributed by atoms with Gasteiger partial charge < -0.3 is 0 Å². The van der Waals surface area contributed by atoms with Crippen LogP contribution in [0, 0.1) is 0 Å². The first-order valence-corrected chi connectivity index (χ1v) is 10.6. The molecule has 0 aliphatic heterocycles.